The fourth-order valence-corrected chi connectivity index (χ4v) is 3.53. The minimum atomic E-state index is -3.67. The van der Waals surface area contributed by atoms with Crippen LogP contribution in [0.1, 0.15) is 24.0 Å². The van der Waals surface area contributed by atoms with Crippen molar-refractivity contribution in [2.75, 3.05) is 20.1 Å². The third kappa shape index (κ3) is 5.17. The first kappa shape index (κ1) is 20.9. The highest BCUT2D eigenvalue weighted by Crippen LogP contribution is 2.31. The van der Waals surface area contributed by atoms with E-state index in [4.69, 9.17) is 5.73 Å². The summed E-state index contributed by atoms with van der Waals surface area (Å²) in [6.07, 6.45) is 2.22. The van der Waals surface area contributed by atoms with Crippen LogP contribution in [0.4, 0.5) is 0 Å². The van der Waals surface area contributed by atoms with E-state index in [1.54, 1.807) is 18.2 Å². The molecule has 1 unspecified atom stereocenters. The molecule has 0 aromatic heterocycles. The highest BCUT2D eigenvalue weighted by atomic mass is 35.5. The number of sulfonamides is 1. The van der Waals surface area contributed by atoms with E-state index in [9.17, 15) is 13.2 Å². The predicted octanol–water partition coefficient (Wildman–Crippen LogP) is 1.20. The largest absolute Gasteiger partial charge is 0.353 e. The lowest BCUT2D eigenvalue weighted by atomic mass is 10.1. The third-order valence-electron chi connectivity index (χ3n) is 4.32. The quantitative estimate of drug-likeness (QED) is 0.748. The molecular weight excluding hydrogens is 350 g/mol. The van der Waals surface area contributed by atoms with Crippen molar-refractivity contribution in [2.24, 2.45) is 11.7 Å². The number of carbonyl (C=O) groups is 1. The molecule has 8 heteroatoms. The fourth-order valence-electron chi connectivity index (χ4n) is 2.32. The van der Waals surface area contributed by atoms with Crippen LogP contribution in [0.2, 0.25) is 0 Å². The highest BCUT2D eigenvalue weighted by Gasteiger charge is 2.29. The Balaban J connectivity index is 0.00000288. The number of hydrogen-bond acceptors (Lipinski definition) is 4. The number of carbonyl (C=O) groups excluding carboxylic acids is 1. The van der Waals surface area contributed by atoms with E-state index in [1.807, 2.05) is 13.8 Å². The Kier molecular flexibility index (Phi) is 7.22. The number of nitrogens with one attached hydrogen (secondary N) is 1. The van der Waals surface area contributed by atoms with E-state index in [-0.39, 0.29) is 35.8 Å². The standard InChI is InChI=1S/C16H25N3O3S.ClH/c1-11-4-7-14(8-12(11)2)23(21,22)19(3)10-16(20)18-9-15(17)13-5-6-13;/h4,7-8,13,15H,5-6,9-10,17H2,1-3H3,(H,18,20);1H. The van der Waals surface area contributed by atoms with Gasteiger partial charge < -0.3 is 11.1 Å². The summed E-state index contributed by atoms with van der Waals surface area (Å²) in [5, 5.41) is 2.71. The first-order valence-electron chi connectivity index (χ1n) is 7.77. The minimum Gasteiger partial charge on any atom is -0.353 e. The van der Waals surface area contributed by atoms with E-state index in [0.29, 0.717) is 12.5 Å². The summed E-state index contributed by atoms with van der Waals surface area (Å²) in [7, 11) is -2.27. The molecule has 0 heterocycles. The summed E-state index contributed by atoms with van der Waals surface area (Å²) in [6, 6.07) is 4.92. The lowest BCUT2D eigenvalue weighted by molar-refractivity contribution is -0.121. The third-order valence-corrected chi connectivity index (χ3v) is 6.11. The number of likely N-dealkylation sites (N-methyl/N-ethyl adjacent to an activating group) is 1. The molecule has 1 fully saturated rings. The zero-order valence-corrected chi connectivity index (χ0v) is 15.9. The van der Waals surface area contributed by atoms with Gasteiger partial charge in [0.1, 0.15) is 0 Å². The van der Waals surface area contributed by atoms with Crippen LogP contribution in [0, 0.1) is 19.8 Å². The SMILES string of the molecule is Cc1ccc(S(=O)(=O)N(C)CC(=O)NCC(N)C2CC2)cc1C.Cl. The number of rotatable bonds is 7. The number of nitrogens with two attached hydrogens (primary N) is 1. The van der Waals surface area contributed by atoms with E-state index >= 15 is 0 Å². The maximum absolute atomic E-state index is 12.5. The van der Waals surface area contributed by atoms with Gasteiger partial charge in [0.2, 0.25) is 15.9 Å². The number of benzene rings is 1. The Labute approximate surface area is 150 Å². The maximum Gasteiger partial charge on any atom is 0.243 e. The summed E-state index contributed by atoms with van der Waals surface area (Å²) in [4.78, 5) is 12.1. The lowest BCUT2D eigenvalue weighted by Gasteiger charge is -2.18. The van der Waals surface area contributed by atoms with Gasteiger partial charge in [-0.1, -0.05) is 6.07 Å². The number of hydrogen-bond donors (Lipinski definition) is 2. The molecular formula is C16H26ClN3O3S. The van der Waals surface area contributed by atoms with Gasteiger partial charge in [0.05, 0.1) is 11.4 Å². The number of aryl methyl sites for hydroxylation is 2. The summed E-state index contributed by atoms with van der Waals surface area (Å²) >= 11 is 0. The normalized spacial score (nSPS) is 15.7. The molecule has 1 aliphatic rings. The Bertz CT molecular complexity index is 690. The minimum absolute atomic E-state index is 0. The van der Waals surface area contributed by atoms with Crippen molar-refractivity contribution in [3.8, 4) is 0 Å². The summed E-state index contributed by atoms with van der Waals surface area (Å²) in [5.74, 6) is 0.156. The summed E-state index contributed by atoms with van der Waals surface area (Å²) in [5.41, 5.74) is 7.85. The molecule has 1 saturated carbocycles. The molecule has 0 saturated heterocycles. The molecule has 0 radical (unpaired) electrons. The maximum atomic E-state index is 12.5. The van der Waals surface area contributed by atoms with Crippen LogP contribution in [-0.2, 0) is 14.8 Å². The van der Waals surface area contributed by atoms with Crippen molar-refractivity contribution in [3.05, 3.63) is 29.3 Å². The number of nitrogens with zero attached hydrogens (tertiary/aromatic N) is 1. The highest BCUT2D eigenvalue weighted by molar-refractivity contribution is 7.89. The van der Waals surface area contributed by atoms with Gasteiger partial charge in [-0.05, 0) is 55.9 Å². The smallest absolute Gasteiger partial charge is 0.243 e. The second-order valence-corrected chi connectivity index (χ2v) is 8.36. The van der Waals surface area contributed by atoms with Gasteiger partial charge in [0.25, 0.3) is 0 Å². The molecule has 1 atom stereocenters. The van der Waals surface area contributed by atoms with Crippen molar-refractivity contribution >= 4 is 28.3 Å². The second kappa shape index (κ2) is 8.29. The molecule has 1 aromatic rings. The Morgan fingerprint density at radius 3 is 2.50 bits per heavy atom. The molecule has 1 aliphatic carbocycles. The van der Waals surface area contributed by atoms with Gasteiger partial charge in [-0.3, -0.25) is 4.79 Å². The van der Waals surface area contributed by atoms with Gasteiger partial charge in [-0.15, -0.1) is 12.4 Å². The van der Waals surface area contributed by atoms with Crippen molar-refractivity contribution in [1.29, 1.82) is 0 Å². The zero-order valence-electron chi connectivity index (χ0n) is 14.3. The monoisotopic (exact) mass is 375 g/mol. The van der Waals surface area contributed by atoms with E-state index in [2.05, 4.69) is 5.32 Å². The van der Waals surface area contributed by atoms with Crippen molar-refractivity contribution in [3.63, 3.8) is 0 Å². The van der Waals surface area contributed by atoms with Crippen LogP contribution in [0.3, 0.4) is 0 Å². The van der Waals surface area contributed by atoms with E-state index in [0.717, 1.165) is 28.3 Å². The van der Waals surface area contributed by atoms with Crippen LogP contribution >= 0.6 is 12.4 Å². The van der Waals surface area contributed by atoms with Gasteiger partial charge in [0.15, 0.2) is 0 Å². The molecule has 1 amide bonds. The van der Waals surface area contributed by atoms with Crippen LogP contribution in [0.5, 0.6) is 0 Å². The van der Waals surface area contributed by atoms with Crippen LogP contribution in [0.25, 0.3) is 0 Å². The number of halogens is 1. The molecule has 1 aromatic carbocycles. The average Bonchev–Trinajstić information content (AvgIpc) is 3.32. The average molecular weight is 376 g/mol. The molecule has 2 rings (SSSR count). The molecule has 6 nitrogen and oxygen atoms in total. The van der Waals surface area contributed by atoms with Gasteiger partial charge in [-0.25, -0.2) is 8.42 Å². The van der Waals surface area contributed by atoms with Crippen LogP contribution in [-0.4, -0.2) is 44.8 Å². The summed E-state index contributed by atoms with van der Waals surface area (Å²) in [6.45, 7) is 3.96. The van der Waals surface area contributed by atoms with Crippen molar-refractivity contribution in [1.82, 2.24) is 9.62 Å². The van der Waals surface area contributed by atoms with Crippen LogP contribution < -0.4 is 11.1 Å². The first-order chi connectivity index (χ1) is 10.7. The topological polar surface area (TPSA) is 92.5 Å². The van der Waals surface area contributed by atoms with Gasteiger partial charge >= 0.3 is 0 Å². The predicted molar refractivity (Wildman–Crippen MR) is 96.7 cm³/mol. The zero-order chi connectivity index (χ0) is 17.2. The molecule has 24 heavy (non-hydrogen) atoms. The summed E-state index contributed by atoms with van der Waals surface area (Å²) < 4.78 is 26.1. The van der Waals surface area contributed by atoms with Crippen molar-refractivity contribution < 1.29 is 13.2 Å². The Hall–Kier alpha value is -1.15. The van der Waals surface area contributed by atoms with Gasteiger partial charge in [0, 0.05) is 19.6 Å². The molecule has 3 N–H and O–H groups in total. The first-order valence-corrected chi connectivity index (χ1v) is 9.21. The Morgan fingerprint density at radius 1 is 1.33 bits per heavy atom. The molecule has 0 spiro atoms. The molecule has 0 bridgehead atoms. The molecule has 0 aliphatic heterocycles. The lowest BCUT2D eigenvalue weighted by Crippen LogP contribution is -2.43. The fraction of sp³-hybridized carbons (Fsp3) is 0.562. The van der Waals surface area contributed by atoms with E-state index in [1.165, 1.54) is 7.05 Å². The second-order valence-electron chi connectivity index (χ2n) is 6.31. The Morgan fingerprint density at radius 2 is 1.96 bits per heavy atom. The van der Waals surface area contributed by atoms with Gasteiger partial charge in [-0.2, -0.15) is 4.31 Å². The van der Waals surface area contributed by atoms with E-state index < -0.39 is 10.0 Å². The van der Waals surface area contributed by atoms with Crippen LogP contribution in [0.15, 0.2) is 23.1 Å². The number of amides is 1. The van der Waals surface area contributed by atoms with Crippen molar-refractivity contribution in [2.45, 2.75) is 37.6 Å². The molecule has 136 valence electrons.